The zero-order valence-corrected chi connectivity index (χ0v) is 22.2. The van der Waals surface area contributed by atoms with Gasteiger partial charge in [-0.15, -0.1) is 0 Å². The molecule has 0 radical (unpaired) electrons. The molecule has 2 aliphatic carbocycles. The zero-order valence-electron chi connectivity index (χ0n) is 21.5. The van der Waals surface area contributed by atoms with E-state index in [-0.39, 0.29) is 23.7 Å². The highest BCUT2D eigenvalue weighted by Gasteiger charge is 2.44. The van der Waals surface area contributed by atoms with Crippen molar-refractivity contribution < 1.29 is 14.3 Å². The Balaban J connectivity index is 1.78. The predicted octanol–water partition coefficient (Wildman–Crippen LogP) is 3.03. The molecule has 9 N–H and O–H groups in total. The van der Waals surface area contributed by atoms with Gasteiger partial charge in [0.15, 0.2) is 5.88 Å². The monoisotopic (exact) mass is 541 g/mol. The van der Waals surface area contributed by atoms with E-state index in [1.54, 1.807) is 12.2 Å². The van der Waals surface area contributed by atoms with E-state index in [0.29, 0.717) is 42.0 Å². The first kappa shape index (κ1) is 27.3. The fourth-order valence-corrected chi connectivity index (χ4v) is 5.93. The molecule has 2 aliphatic heterocycles. The summed E-state index contributed by atoms with van der Waals surface area (Å²) in [7, 11) is 0. The molecule has 0 aromatic rings. The average Bonchev–Trinajstić information content (AvgIpc) is 3.29. The van der Waals surface area contributed by atoms with E-state index in [1.807, 2.05) is 18.2 Å². The third-order valence-electron chi connectivity index (χ3n) is 7.30. The SMILES string of the molecule is C[C@@H]1CC[C@H]2CN(C(C(=N)N)=C(C=C(N)OC(N)=O)C3C=CC=C3Cl)CN3C2=C1OC[C@H]3C/C=C\C=C/N. The van der Waals surface area contributed by atoms with Crippen molar-refractivity contribution in [3.63, 3.8) is 0 Å². The number of nitrogens with zero attached hydrogens (tertiary/aromatic N) is 2. The highest BCUT2D eigenvalue weighted by Crippen LogP contribution is 2.45. The number of amidine groups is 1. The minimum Gasteiger partial charge on any atom is -0.494 e. The van der Waals surface area contributed by atoms with Crippen LogP contribution in [-0.4, -0.2) is 47.6 Å². The Morgan fingerprint density at radius 2 is 2.08 bits per heavy atom. The van der Waals surface area contributed by atoms with Crippen molar-refractivity contribution in [1.29, 1.82) is 5.41 Å². The fraction of sp³-hybridized carbons (Fsp3) is 0.407. The summed E-state index contributed by atoms with van der Waals surface area (Å²) in [6, 6.07) is 0.0945. The largest absolute Gasteiger partial charge is 0.494 e. The van der Waals surface area contributed by atoms with Gasteiger partial charge in [0, 0.05) is 35.4 Å². The predicted molar refractivity (Wildman–Crippen MR) is 148 cm³/mol. The number of nitrogens with two attached hydrogens (primary N) is 4. The van der Waals surface area contributed by atoms with Crippen LogP contribution in [0.1, 0.15) is 26.2 Å². The van der Waals surface area contributed by atoms with Crippen LogP contribution in [-0.2, 0) is 9.47 Å². The number of hydrogen-bond acceptors (Lipinski definition) is 8. The molecule has 4 aliphatic rings. The first-order valence-electron chi connectivity index (χ1n) is 12.7. The molecule has 1 fully saturated rings. The van der Waals surface area contributed by atoms with Crippen molar-refractivity contribution in [2.45, 2.75) is 32.2 Å². The van der Waals surface area contributed by atoms with Gasteiger partial charge in [-0.1, -0.05) is 42.8 Å². The van der Waals surface area contributed by atoms with Crippen LogP contribution < -0.4 is 22.9 Å². The van der Waals surface area contributed by atoms with Crippen molar-refractivity contribution >= 4 is 23.5 Å². The maximum absolute atomic E-state index is 11.3. The van der Waals surface area contributed by atoms with Crippen LogP contribution in [0, 0.1) is 23.2 Å². The minimum absolute atomic E-state index is 0.0945. The molecule has 0 aromatic heterocycles. The summed E-state index contributed by atoms with van der Waals surface area (Å²) in [6.45, 7) is 3.91. The molecule has 4 rings (SSSR count). The topological polar surface area (TPSA) is 170 Å². The second-order valence-corrected chi connectivity index (χ2v) is 10.3. The fourth-order valence-electron chi connectivity index (χ4n) is 5.67. The number of rotatable bonds is 8. The van der Waals surface area contributed by atoms with E-state index in [0.717, 1.165) is 25.0 Å². The molecular weight excluding hydrogens is 506 g/mol. The number of hydrogen-bond donors (Lipinski definition) is 5. The molecule has 1 amide bonds. The summed E-state index contributed by atoms with van der Waals surface area (Å²) in [4.78, 5) is 15.8. The number of carbonyl (C=O) groups is 1. The second kappa shape index (κ2) is 11.7. The summed E-state index contributed by atoms with van der Waals surface area (Å²) >= 11 is 6.54. The van der Waals surface area contributed by atoms with Gasteiger partial charge >= 0.3 is 6.09 Å². The number of primary amides is 1. The summed E-state index contributed by atoms with van der Waals surface area (Å²) < 4.78 is 11.2. The highest BCUT2D eigenvalue weighted by molar-refractivity contribution is 6.30. The molecule has 1 saturated heterocycles. The number of amides is 1. The Kier molecular flexibility index (Phi) is 8.41. The summed E-state index contributed by atoms with van der Waals surface area (Å²) in [6.07, 6.45) is 16.0. The molecule has 1 unspecified atom stereocenters. The van der Waals surface area contributed by atoms with Gasteiger partial charge in [0.1, 0.15) is 18.2 Å². The lowest BCUT2D eigenvalue weighted by molar-refractivity contribution is -0.0140. The second-order valence-electron chi connectivity index (χ2n) is 9.87. The Morgan fingerprint density at radius 3 is 2.74 bits per heavy atom. The summed E-state index contributed by atoms with van der Waals surface area (Å²) in [5.41, 5.74) is 25.2. The molecule has 2 heterocycles. The zero-order chi connectivity index (χ0) is 27.4. The highest BCUT2D eigenvalue weighted by atomic mass is 35.5. The van der Waals surface area contributed by atoms with Crippen LogP contribution in [0.4, 0.5) is 4.79 Å². The van der Waals surface area contributed by atoms with Crippen molar-refractivity contribution in [3.05, 3.63) is 82.4 Å². The molecule has 10 nitrogen and oxygen atoms in total. The molecule has 4 atom stereocenters. The van der Waals surface area contributed by atoms with Gasteiger partial charge in [-0.2, -0.15) is 0 Å². The lowest BCUT2D eigenvalue weighted by atomic mass is 9.81. The van der Waals surface area contributed by atoms with Gasteiger partial charge in [0.05, 0.1) is 24.1 Å². The molecule has 11 heteroatoms. The Hall–Kier alpha value is -3.79. The first-order valence-corrected chi connectivity index (χ1v) is 13.1. The van der Waals surface area contributed by atoms with Gasteiger partial charge in [-0.3, -0.25) is 5.41 Å². The summed E-state index contributed by atoms with van der Waals surface area (Å²) in [5, 5.41) is 9.12. The van der Waals surface area contributed by atoms with Gasteiger partial charge < -0.3 is 42.2 Å². The third kappa shape index (κ3) is 5.70. The Labute approximate surface area is 228 Å². The van der Waals surface area contributed by atoms with Gasteiger partial charge in [-0.05, 0) is 43.2 Å². The van der Waals surface area contributed by atoms with Gasteiger partial charge in [-0.25, -0.2) is 4.79 Å². The molecule has 0 bridgehead atoms. The smallest absolute Gasteiger partial charge is 0.411 e. The van der Waals surface area contributed by atoms with Crippen molar-refractivity contribution in [2.24, 2.45) is 40.7 Å². The van der Waals surface area contributed by atoms with Crippen LogP contribution >= 0.6 is 11.6 Å². The minimum atomic E-state index is -1.03. The molecule has 0 spiro atoms. The van der Waals surface area contributed by atoms with E-state index in [2.05, 4.69) is 22.8 Å². The Bertz CT molecular complexity index is 1180. The van der Waals surface area contributed by atoms with E-state index >= 15 is 0 Å². The summed E-state index contributed by atoms with van der Waals surface area (Å²) in [5.74, 6) is 0.879. The van der Waals surface area contributed by atoms with Crippen LogP contribution in [0.5, 0.6) is 0 Å². The molecule has 0 aromatic carbocycles. The quantitative estimate of drug-likeness (QED) is 0.135. The van der Waals surface area contributed by atoms with Gasteiger partial charge in [0.25, 0.3) is 0 Å². The maximum Gasteiger partial charge on any atom is 0.411 e. The standard InChI is InChI=1S/C27H36ClN7O3/c1-16-9-10-17-13-34(15-35-18(6-3-2-4-11-29)14-37-25(16)23(17)35)24(26(31)32)20(12-22(30)38-27(33)36)19-7-5-8-21(19)28/h2-5,7-8,11-12,16-19H,6,9-10,13-15,29-30H2,1H3,(H3,31,32)(H2,33,36)/b3-2-,11-4-,22-12?,24-20?/t16-,17+,18-,19?/m1/s1. The Morgan fingerprint density at radius 1 is 1.29 bits per heavy atom. The average molecular weight is 542 g/mol. The van der Waals surface area contributed by atoms with E-state index in [9.17, 15) is 4.79 Å². The maximum atomic E-state index is 11.3. The number of allylic oxidation sites excluding steroid dienone is 9. The number of halogens is 1. The van der Waals surface area contributed by atoms with E-state index < -0.39 is 12.0 Å². The van der Waals surface area contributed by atoms with Crippen molar-refractivity contribution in [3.8, 4) is 0 Å². The van der Waals surface area contributed by atoms with E-state index in [4.69, 9.17) is 49.4 Å². The van der Waals surface area contributed by atoms with Crippen molar-refractivity contribution in [2.75, 3.05) is 19.8 Å². The molecule has 38 heavy (non-hydrogen) atoms. The molecule has 0 saturated carbocycles. The van der Waals surface area contributed by atoms with Crippen LogP contribution in [0.25, 0.3) is 0 Å². The normalized spacial score (nSPS) is 27.8. The third-order valence-corrected chi connectivity index (χ3v) is 7.66. The lowest BCUT2D eigenvalue weighted by Gasteiger charge is -2.53. The van der Waals surface area contributed by atoms with E-state index in [1.165, 1.54) is 18.0 Å². The molecular formula is C27H36ClN7O3. The lowest BCUT2D eigenvalue weighted by Crippen LogP contribution is -2.57. The van der Waals surface area contributed by atoms with Gasteiger partial charge in [0.2, 0.25) is 0 Å². The number of nitrogens with one attached hydrogen (secondary N) is 1. The number of ether oxygens (including phenoxy) is 2. The van der Waals surface area contributed by atoms with Crippen LogP contribution in [0.15, 0.2) is 82.4 Å². The number of carbonyl (C=O) groups excluding carboxylic acids is 1. The molecule has 204 valence electrons. The van der Waals surface area contributed by atoms with Crippen LogP contribution in [0.2, 0.25) is 0 Å². The van der Waals surface area contributed by atoms with Crippen molar-refractivity contribution in [1.82, 2.24) is 9.80 Å². The van der Waals surface area contributed by atoms with Crippen LogP contribution in [0.3, 0.4) is 0 Å². The first-order chi connectivity index (χ1) is 18.2.